The predicted molar refractivity (Wildman–Crippen MR) is 77.3 cm³/mol. The third kappa shape index (κ3) is 5.78. The minimum absolute atomic E-state index is 0.0267. The van der Waals surface area contributed by atoms with Gasteiger partial charge in [0.2, 0.25) is 0 Å². The molecule has 7 nitrogen and oxygen atoms in total. The van der Waals surface area contributed by atoms with Crippen molar-refractivity contribution >= 4 is 11.7 Å². The largest absolute Gasteiger partial charge is 0.493 e. The molecule has 1 aromatic rings. The third-order valence-corrected chi connectivity index (χ3v) is 2.83. The number of benzene rings is 1. The van der Waals surface area contributed by atoms with Gasteiger partial charge >= 0.3 is 5.97 Å². The number of non-ortho nitro benzene ring substituents is 1. The number of methoxy groups -OCH3 is 1. The quantitative estimate of drug-likeness (QED) is 0.425. The van der Waals surface area contributed by atoms with Gasteiger partial charge in [-0.3, -0.25) is 14.9 Å². The Bertz CT molecular complexity index is 478. The molecule has 7 heteroatoms. The van der Waals surface area contributed by atoms with Gasteiger partial charge in [0.1, 0.15) is 11.8 Å². The van der Waals surface area contributed by atoms with Gasteiger partial charge in [-0.1, -0.05) is 13.0 Å². The maximum absolute atomic E-state index is 11.6. The van der Waals surface area contributed by atoms with Crippen LogP contribution in [-0.2, 0) is 9.53 Å². The number of nitrogens with one attached hydrogen (secondary N) is 1. The molecule has 0 aliphatic heterocycles. The minimum atomic E-state index is -0.479. The summed E-state index contributed by atoms with van der Waals surface area (Å²) in [6.45, 7) is 2.97. The van der Waals surface area contributed by atoms with Gasteiger partial charge in [0, 0.05) is 12.5 Å². The van der Waals surface area contributed by atoms with Crippen LogP contribution in [0, 0.1) is 10.1 Å². The fourth-order valence-electron chi connectivity index (χ4n) is 1.75. The number of hydrogen-bond acceptors (Lipinski definition) is 6. The Balaban J connectivity index is 2.51. The molecule has 0 aliphatic carbocycles. The molecule has 0 radical (unpaired) electrons. The number of carbonyl (C=O) groups is 1. The van der Waals surface area contributed by atoms with E-state index in [9.17, 15) is 14.9 Å². The number of ether oxygens (including phenoxy) is 2. The molecular weight excluding hydrogens is 276 g/mol. The summed E-state index contributed by atoms with van der Waals surface area (Å²) in [5, 5.41) is 13.7. The fourth-order valence-corrected chi connectivity index (χ4v) is 1.75. The molecule has 1 unspecified atom stereocenters. The molecule has 0 aromatic heterocycles. The van der Waals surface area contributed by atoms with E-state index in [1.54, 1.807) is 12.1 Å². The van der Waals surface area contributed by atoms with Gasteiger partial charge in [-0.25, -0.2) is 0 Å². The van der Waals surface area contributed by atoms with Crippen LogP contribution in [0.1, 0.15) is 19.8 Å². The smallest absolute Gasteiger partial charge is 0.322 e. The van der Waals surface area contributed by atoms with Crippen LogP contribution in [0.2, 0.25) is 0 Å². The van der Waals surface area contributed by atoms with Crippen molar-refractivity contribution in [2.75, 3.05) is 20.3 Å². The number of carbonyl (C=O) groups excluding carboxylic acids is 1. The van der Waals surface area contributed by atoms with E-state index in [1.165, 1.54) is 19.2 Å². The molecule has 21 heavy (non-hydrogen) atoms. The topological polar surface area (TPSA) is 90.7 Å². The van der Waals surface area contributed by atoms with Gasteiger partial charge < -0.3 is 14.8 Å². The van der Waals surface area contributed by atoms with Crippen LogP contribution >= 0.6 is 0 Å². The van der Waals surface area contributed by atoms with E-state index in [2.05, 4.69) is 5.32 Å². The Labute approximate surface area is 123 Å². The zero-order chi connectivity index (χ0) is 15.7. The van der Waals surface area contributed by atoms with E-state index in [1.807, 2.05) is 6.92 Å². The molecule has 0 fully saturated rings. The van der Waals surface area contributed by atoms with E-state index in [0.29, 0.717) is 18.7 Å². The second-order valence-electron chi connectivity index (χ2n) is 4.42. The number of rotatable bonds is 9. The standard InChI is InChI=1S/C14H20N2O5/c1-3-8-15-13(14(17)20-2)7-9-21-12-6-4-5-11(10-12)16(18)19/h4-6,10,13,15H,3,7-9H2,1-2H3. The lowest BCUT2D eigenvalue weighted by Crippen LogP contribution is -2.39. The molecule has 0 amide bonds. The molecule has 1 aromatic carbocycles. The molecule has 0 saturated carbocycles. The minimum Gasteiger partial charge on any atom is -0.493 e. The highest BCUT2D eigenvalue weighted by Gasteiger charge is 2.18. The summed E-state index contributed by atoms with van der Waals surface area (Å²) < 4.78 is 10.2. The monoisotopic (exact) mass is 296 g/mol. The Morgan fingerprint density at radius 1 is 1.48 bits per heavy atom. The van der Waals surface area contributed by atoms with Crippen LogP contribution in [0.5, 0.6) is 5.75 Å². The van der Waals surface area contributed by atoms with E-state index in [0.717, 1.165) is 6.42 Å². The normalized spacial score (nSPS) is 11.7. The van der Waals surface area contributed by atoms with Crippen molar-refractivity contribution in [2.24, 2.45) is 0 Å². The summed E-state index contributed by atoms with van der Waals surface area (Å²) in [5.41, 5.74) is -0.0267. The van der Waals surface area contributed by atoms with Crippen molar-refractivity contribution in [2.45, 2.75) is 25.8 Å². The van der Waals surface area contributed by atoms with Crippen LogP contribution in [0.15, 0.2) is 24.3 Å². The van der Waals surface area contributed by atoms with Crippen LogP contribution in [-0.4, -0.2) is 37.2 Å². The molecule has 0 saturated heterocycles. The molecule has 1 N–H and O–H groups in total. The van der Waals surface area contributed by atoms with Gasteiger partial charge in [0.25, 0.3) is 5.69 Å². The van der Waals surface area contributed by atoms with Crippen molar-refractivity contribution < 1.29 is 19.2 Å². The van der Waals surface area contributed by atoms with Gasteiger partial charge in [-0.15, -0.1) is 0 Å². The SMILES string of the molecule is CCCNC(CCOc1cccc([N+](=O)[O-])c1)C(=O)OC. The van der Waals surface area contributed by atoms with Crippen molar-refractivity contribution in [3.8, 4) is 5.75 Å². The second kappa shape index (κ2) is 8.91. The molecule has 0 bridgehead atoms. The Morgan fingerprint density at radius 3 is 2.86 bits per heavy atom. The third-order valence-electron chi connectivity index (χ3n) is 2.83. The zero-order valence-corrected chi connectivity index (χ0v) is 12.2. The second-order valence-corrected chi connectivity index (χ2v) is 4.42. The molecule has 0 aliphatic rings. The predicted octanol–water partition coefficient (Wildman–Crippen LogP) is 1.90. The maximum atomic E-state index is 11.6. The van der Waals surface area contributed by atoms with Crippen molar-refractivity contribution in [1.29, 1.82) is 0 Å². The summed E-state index contributed by atoms with van der Waals surface area (Å²) in [5.74, 6) is 0.0643. The summed E-state index contributed by atoms with van der Waals surface area (Å²) in [6, 6.07) is 5.51. The molecule has 0 spiro atoms. The Hall–Kier alpha value is -2.15. The summed E-state index contributed by atoms with van der Waals surface area (Å²) in [4.78, 5) is 21.8. The van der Waals surface area contributed by atoms with Crippen LogP contribution in [0.3, 0.4) is 0 Å². The van der Waals surface area contributed by atoms with Crippen LogP contribution < -0.4 is 10.1 Å². The lowest BCUT2D eigenvalue weighted by atomic mass is 10.2. The van der Waals surface area contributed by atoms with E-state index >= 15 is 0 Å². The maximum Gasteiger partial charge on any atom is 0.322 e. The fraction of sp³-hybridized carbons (Fsp3) is 0.500. The first-order valence-corrected chi connectivity index (χ1v) is 6.77. The molecule has 0 heterocycles. The summed E-state index contributed by atoms with van der Waals surface area (Å²) >= 11 is 0. The summed E-state index contributed by atoms with van der Waals surface area (Å²) in [6.07, 6.45) is 1.33. The molecule has 1 rings (SSSR count). The van der Waals surface area contributed by atoms with Crippen LogP contribution in [0.4, 0.5) is 5.69 Å². The molecule has 1 atom stereocenters. The Morgan fingerprint density at radius 2 is 2.24 bits per heavy atom. The first-order chi connectivity index (χ1) is 10.1. The lowest BCUT2D eigenvalue weighted by molar-refractivity contribution is -0.384. The van der Waals surface area contributed by atoms with Gasteiger partial charge in [0.15, 0.2) is 0 Å². The van der Waals surface area contributed by atoms with Gasteiger partial charge in [-0.05, 0) is 19.0 Å². The highest BCUT2D eigenvalue weighted by molar-refractivity contribution is 5.75. The van der Waals surface area contributed by atoms with Gasteiger partial charge in [-0.2, -0.15) is 0 Å². The number of hydrogen-bond donors (Lipinski definition) is 1. The van der Waals surface area contributed by atoms with Gasteiger partial charge in [0.05, 0.1) is 24.7 Å². The average molecular weight is 296 g/mol. The molecular formula is C14H20N2O5. The Kier molecular flexibility index (Phi) is 7.17. The molecule has 116 valence electrons. The highest BCUT2D eigenvalue weighted by Crippen LogP contribution is 2.19. The number of nitrogens with zero attached hydrogens (tertiary/aromatic N) is 1. The van der Waals surface area contributed by atoms with Crippen molar-refractivity contribution in [3.05, 3.63) is 34.4 Å². The first kappa shape index (κ1) is 16.9. The van der Waals surface area contributed by atoms with Crippen molar-refractivity contribution in [3.63, 3.8) is 0 Å². The first-order valence-electron chi connectivity index (χ1n) is 6.77. The number of nitro benzene ring substituents is 1. The zero-order valence-electron chi connectivity index (χ0n) is 12.2. The van der Waals surface area contributed by atoms with E-state index in [-0.39, 0.29) is 18.3 Å². The average Bonchev–Trinajstić information content (AvgIpc) is 2.50. The highest BCUT2D eigenvalue weighted by atomic mass is 16.6. The van der Waals surface area contributed by atoms with Crippen molar-refractivity contribution in [1.82, 2.24) is 5.32 Å². The van der Waals surface area contributed by atoms with Crippen LogP contribution in [0.25, 0.3) is 0 Å². The van der Waals surface area contributed by atoms with E-state index < -0.39 is 11.0 Å². The summed E-state index contributed by atoms with van der Waals surface area (Å²) in [7, 11) is 1.34. The van der Waals surface area contributed by atoms with E-state index in [4.69, 9.17) is 9.47 Å². The number of nitro groups is 1. The number of esters is 1. The lowest BCUT2D eigenvalue weighted by Gasteiger charge is -2.16.